The lowest BCUT2D eigenvalue weighted by Gasteiger charge is -2.30. The summed E-state index contributed by atoms with van der Waals surface area (Å²) < 4.78 is 78.9. The predicted octanol–water partition coefficient (Wildman–Crippen LogP) is 5.91. The predicted molar refractivity (Wildman–Crippen MR) is 175 cm³/mol. The number of alkyl halides is 3. The van der Waals surface area contributed by atoms with Gasteiger partial charge in [-0.15, -0.1) is 11.3 Å². The number of nitrogens with zero attached hydrogens (tertiary/aromatic N) is 5. The molecule has 258 valence electrons. The van der Waals surface area contributed by atoms with Gasteiger partial charge < -0.3 is 30.6 Å². The molecule has 0 spiro atoms. The van der Waals surface area contributed by atoms with Gasteiger partial charge in [-0.1, -0.05) is 18.2 Å². The van der Waals surface area contributed by atoms with E-state index in [-0.39, 0.29) is 57.7 Å². The topological polar surface area (TPSA) is 192 Å². The van der Waals surface area contributed by atoms with Gasteiger partial charge in [0.15, 0.2) is 5.82 Å². The van der Waals surface area contributed by atoms with Crippen LogP contribution in [0.4, 0.5) is 39.0 Å². The Hall–Kier alpha value is -5.80. The fourth-order valence-electron chi connectivity index (χ4n) is 5.78. The Morgan fingerprint density at radius 3 is 2.62 bits per heavy atom. The van der Waals surface area contributed by atoms with Crippen molar-refractivity contribution in [3.63, 3.8) is 0 Å². The highest BCUT2D eigenvalue weighted by Crippen LogP contribution is 2.53. The molecule has 2 unspecified atom stereocenters. The van der Waals surface area contributed by atoms with Crippen molar-refractivity contribution in [3.8, 4) is 29.0 Å². The Morgan fingerprint density at radius 2 is 1.94 bits per heavy atom. The molecule has 18 heteroatoms. The van der Waals surface area contributed by atoms with E-state index in [9.17, 15) is 14.9 Å². The highest BCUT2D eigenvalue weighted by molar-refractivity contribution is 7.23. The Bertz CT molecular complexity index is 2240. The fraction of sp³-hybridized carbons (Fsp3) is 0.250. The van der Waals surface area contributed by atoms with Gasteiger partial charge in [-0.25, -0.2) is 19.0 Å². The number of halogens is 4. The number of amides is 1. The number of nitrogens with two attached hydrogens (primary N) is 2. The molecule has 5 N–H and O–H groups in total. The van der Waals surface area contributed by atoms with Crippen LogP contribution in [0.1, 0.15) is 36.6 Å². The lowest BCUT2D eigenvalue weighted by atomic mass is 9.91. The molecular weight excluding hydrogens is 684 g/mol. The lowest BCUT2D eigenvalue weighted by Crippen LogP contribution is -2.33. The van der Waals surface area contributed by atoms with Gasteiger partial charge in [0.05, 0.1) is 30.6 Å². The number of anilines is 3. The summed E-state index contributed by atoms with van der Waals surface area (Å²) >= 11 is 0.985. The number of carbonyl (C=O) groups excluding carboxylic acids is 2. The molecule has 2 atom stereocenters. The molecule has 2 aromatic carbocycles. The second-order valence-electron chi connectivity index (χ2n) is 11.1. The summed E-state index contributed by atoms with van der Waals surface area (Å²) in [4.78, 5) is 38.6. The highest BCUT2D eigenvalue weighted by Gasteiger charge is 2.44. The van der Waals surface area contributed by atoms with E-state index in [0.29, 0.717) is 10.3 Å². The van der Waals surface area contributed by atoms with Gasteiger partial charge in [-0.05, 0) is 31.5 Å². The number of pyridine rings is 1. The number of rotatable bonds is 6. The zero-order valence-corrected chi connectivity index (χ0v) is 27.2. The van der Waals surface area contributed by atoms with Gasteiger partial charge in [0, 0.05) is 27.4 Å². The number of aromatic nitrogens is 3. The first kappa shape index (κ1) is 34.1. The molecule has 0 bridgehead atoms. The van der Waals surface area contributed by atoms with E-state index in [2.05, 4.69) is 20.3 Å². The average molecular weight is 711 g/mol. The van der Waals surface area contributed by atoms with E-state index in [1.807, 2.05) is 6.07 Å². The number of hydrogen-bond donors (Lipinski definition) is 3. The Kier molecular flexibility index (Phi) is 8.80. The van der Waals surface area contributed by atoms with E-state index in [0.717, 1.165) is 11.3 Å². The fourth-order valence-corrected chi connectivity index (χ4v) is 6.73. The first-order valence-electron chi connectivity index (χ1n) is 14.8. The minimum atomic E-state index is -5.17. The Balaban J connectivity index is 1.59. The summed E-state index contributed by atoms with van der Waals surface area (Å²) in [7, 11) is 1.21. The Labute approximate surface area is 284 Å². The van der Waals surface area contributed by atoms with Gasteiger partial charge in [-0.3, -0.25) is 5.32 Å². The third kappa shape index (κ3) is 5.79. The zero-order valence-electron chi connectivity index (χ0n) is 26.4. The quantitative estimate of drug-likeness (QED) is 0.107. The van der Waals surface area contributed by atoms with E-state index in [1.54, 1.807) is 25.1 Å². The minimum absolute atomic E-state index is 0.0425. The number of nitriles is 1. The molecule has 5 aromatic rings. The number of benzene rings is 2. The largest absolute Gasteiger partial charge is 0.490 e. The van der Waals surface area contributed by atoms with Crippen LogP contribution in [0, 0.1) is 17.1 Å². The van der Waals surface area contributed by atoms with Crippen molar-refractivity contribution < 1.29 is 41.4 Å². The van der Waals surface area contributed by atoms with E-state index in [1.165, 1.54) is 37.3 Å². The molecule has 50 heavy (non-hydrogen) atoms. The number of esters is 1. The van der Waals surface area contributed by atoms with Crippen molar-refractivity contribution in [2.45, 2.75) is 32.1 Å². The summed E-state index contributed by atoms with van der Waals surface area (Å²) in [6.45, 7) is 2.56. The Morgan fingerprint density at radius 1 is 1.18 bits per heavy atom. The number of carbonyl (C=O) groups is 2. The number of methoxy groups -OCH3 is 1. The summed E-state index contributed by atoms with van der Waals surface area (Å²) in [6, 6.07) is 7.07. The second-order valence-corrected chi connectivity index (χ2v) is 12.1. The number of nitrogen functional groups attached to an aromatic ring is 1. The van der Waals surface area contributed by atoms with Gasteiger partial charge in [0.25, 0.3) is 0 Å². The monoisotopic (exact) mass is 710 g/mol. The molecule has 0 aliphatic carbocycles. The van der Waals surface area contributed by atoms with Crippen LogP contribution in [0.3, 0.4) is 0 Å². The average Bonchev–Trinajstić information content (AvgIpc) is 3.29. The third-order valence-corrected chi connectivity index (χ3v) is 8.97. The maximum Gasteiger partial charge on any atom is 0.420 e. The molecule has 0 radical (unpaired) electrons. The van der Waals surface area contributed by atoms with Crippen molar-refractivity contribution in [2.75, 3.05) is 36.2 Å². The maximum atomic E-state index is 17.0. The normalized spacial score (nSPS) is 14.0. The van der Waals surface area contributed by atoms with Crippen LogP contribution in [0.15, 0.2) is 36.5 Å². The van der Waals surface area contributed by atoms with Crippen LogP contribution in [-0.4, -0.2) is 53.3 Å². The smallest absolute Gasteiger partial charge is 0.420 e. The van der Waals surface area contributed by atoms with Gasteiger partial charge >= 0.3 is 24.2 Å². The molecule has 1 amide bonds. The first-order chi connectivity index (χ1) is 23.8. The molecule has 0 saturated heterocycles. The number of ether oxygens (including phenoxy) is 3. The first-order valence-corrected chi connectivity index (χ1v) is 15.6. The molecule has 1 aliphatic rings. The minimum Gasteiger partial charge on any atom is -0.490 e. The lowest BCUT2D eigenvalue weighted by molar-refractivity contribution is -0.139. The van der Waals surface area contributed by atoms with Crippen molar-refractivity contribution >= 4 is 61.0 Å². The molecule has 0 saturated carbocycles. The van der Waals surface area contributed by atoms with Crippen molar-refractivity contribution in [1.29, 1.82) is 5.26 Å². The van der Waals surface area contributed by atoms with Crippen LogP contribution >= 0.6 is 11.3 Å². The molecule has 4 heterocycles. The summed E-state index contributed by atoms with van der Waals surface area (Å²) in [5.74, 6) is -3.28. The summed E-state index contributed by atoms with van der Waals surface area (Å²) in [6.07, 6.45) is -4.98. The van der Waals surface area contributed by atoms with E-state index in [4.69, 9.17) is 25.7 Å². The van der Waals surface area contributed by atoms with Crippen LogP contribution in [0.2, 0.25) is 0 Å². The van der Waals surface area contributed by atoms with Gasteiger partial charge in [-0.2, -0.15) is 28.4 Å². The summed E-state index contributed by atoms with van der Waals surface area (Å²) in [5, 5.41) is 12.0. The third-order valence-electron chi connectivity index (χ3n) is 7.98. The molecular formula is C32H26F4N8O5S. The van der Waals surface area contributed by atoms with Gasteiger partial charge in [0.2, 0.25) is 0 Å². The molecule has 0 fully saturated rings. The van der Waals surface area contributed by atoms with E-state index < -0.39 is 58.5 Å². The van der Waals surface area contributed by atoms with Crippen LogP contribution in [0.5, 0.6) is 11.8 Å². The highest BCUT2D eigenvalue weighted by atomic mass is 32.1. The number of thiophene rings is 1. The SMILES string of the molecule is COc1nc2c3c(c(C(F)(F)F)c(-c4cccc5sc(N)c(C#N)c45)c(F)c3n1)OCCN2C(C)c1cccnc1NC(=O)OC(=O)C(C)N. The van der Waals surface area contributed by atoms with E-state index >= 15 is 17.6 Å². The van der Waals surface area contributed by atoms with Crippen molar-refractivity contribution in [1.82, 2.24) is 15.0 Å². The van der Waals surface area contributed by atoms with Crippen LogP contribution < -0.4 is 31.2 Å². The van der Waals surface area contributed by atoms with Gasteiger partial charge in [0.1, 0.15) is 52.2 Å². The van der Waals surface area contributed by atoms with Crippen molar-refractivity contribution in [3.05, 3.63) is 59.0 Å². The standard InChI is InChI=1S/C32H26F4N8O5S/c1-13(38)29(45)49-31(46)42-27-15(7-5-9-40-27)14(2)44-10-11-48-25-21-24(41-30(47-3)43-28(21)44)23(33)20(22(25)32(34,35)36)16-6-4-8-18-19(16)17(12-37)26(39)50-18/h4-9,13-14H,10-11,38-39H2,1-3H3,(H,40,42,46). The van der Waals surface area contributed by atoms with Crippen LogP contribution in [0.25, 0.3) is 32.1 Å². The molecule has 3 aromatic heterocycles. The molecule has 1 aliphatic heterocycles. The van der Waals surface area contributed by atoms with Crippen molar-refractivity contribution in [2.24, 2.45) is 5.73 Å². The molecule has 13 nitrogen and oxygen atoms in total. The maximum absolute atomic E-state index is 17.0. The zero-order chi connectivity index (χ0) is 36.1. The second kappa shape index (κ2) is 12.9. The number of fused-ring (bicyclic) bond motifs is 1. The molecule has 6 rings (SSSR count). The summed E-state index contributed by atoms with van der Waals surface area (Å²) in [5.41, 5.74) is 8.65. The number of hydrogen-bond acceptors (Lipinski definition) is 13. The van der Waals surface area contributed by atoms with Crippen LogP contribution in [-0.2, 0) is 15.7 Å². The number of nitrogens with one attached hydrogen (secondary N) is 1.